The fourth-order valence-electron chi connectivity index (χ4n) is 7.51. The van der Waals surface area contributed by atoms with E-state index in [1.54, 1.807) is 6.08 Å². The first-order chi connectivity index (χ1) is 28.0. The van der Waals surface area contributed by atoms with Gasteiger partial charge in [-0.05, 0) is 19.3 Å². The maximum atomic E-state index is 12.9. The van der Waals surface area contributed by atoms with E-state index in [4.69, 9.17) is 9.05 Å². The fourth-order valence-corrected chi connectivity index (χ4v) is 8.23. The minimum atomic E-state index is -4.58. The summed E-state index contributed by atoms with van der Waals surface area (Å²) in [6, 6.07) is -0.880. The number of nitrogens with zero attached hydrogens (tertiary/aromatic N) is 1. The van der Waals surface area contributed by atoms with Gasteiger partial charge in [-0.2, -0.15) is 0 Å². The molecule has 0 radical (unpaired) electrons. The molecule has 0 aromatic carbocycles. The summed E-state index contributed by atoms with van der Waals surface area (Å²) in [5, 5.41) is 13.8. The molecule has 0 fully saturated rings. The van der Waals surface area contributed by atoms with E-state index in [1.165, 1.54) is 186 Å². The van der Waals surface area contributed by atoms with Crippen LogP contribution in [0.2, 0.25) is 0 Å². The summed E-state index contributed by atoms with van der Waals surface area (Å²) >= 11 is 0. The van der Waals surface area contributed by atoms with Crippen molar-refractivity contribution in [3.63, 3.8) is 0 Å². The zero-order valence-corrected chi connectivity index (χ0v) is 40.2. The third-order valence-corrected chi connectivity index (χ3v) is 12.5. The van der Waals surface area contributed by atoms with E-state index in [2.05, 4.69) is 19.2 Å². The average Bonchev–Trinajstić information content (AvgIpc) is 3.17. The molecule has 0 spiro atoms. The average molecular weight is 843 g/mol. The van der Waals surface area contributed by atoms with Crippen molar-refractivity contribution in [2.24, 2.45) is 0 Å². The molecule has 9 heteroatoms. The molecule has 0 saturated carbocycles. The molecule has 0 aliphatic carbocycles. The van der Waals surface area contributed by atoms with E-state index in [-0.39, 0.29) is 19.1 Å². The van der Waals surface area contributed by atoms with Crippen molar-refractivity contribution in [1.29, 1.82) is 0 Å². The van der Waals surface area contributed by atoms with Gasteiger partial charge in [-0.1, -0.05) is 231 Å². The summed E-state index contributed by atoms with van der Waals surface area (Å²) < 4.78 is 23.3. The van der Waals surface area contributed by atoms with Gasteiger partial charge in [-0.15, -0.1) is 0 Å². The molecule has 0 aliphatic rings. The van der Waals surface area contributed by atoms with Crippen LogP contribution in [-0.4, -0.2) is 68.5 Å². The smallest absolute Gasteiger partial charge is 0.268 e. The Morgan fingerprint density at radius 2 is 0.931 bits per heavy atom. The Hall–Kier alpha value is -0.760. The number of hydrogen-bond acceptors (Lipinski definition) is 6. The van der Waals surface area contributed by atoms with E-state index in [0.717, 1.165) is 38.5 Å². The number of hydrogen-bond donors (Lipinski definition) is 2. The third-order valence-electron chi connectivity index (χ3n) is 11.5. The maximum absolute atomic E-state index is 12.9. The van der Waals surface area contributed by atoms with Gasteiger partial charge < -0.3 is 28.8 Å². The Kier molecular flexibility index (Phi) is 41.0. The molecule has 58 heavy (non-hydrogen) atoms. The Morgan fingerprint density at radius 3 is 1.29 bits per heavy atom. The molecule has 3 unspecified atom stereocenters. The Morgan fingerprint density at radius 1 is 0.586 bits per heavy atom. The Bertz CT molecular complexity index is 958. The Labute approximate surface area is 361 Å². The van der Waals surface area contributed by atoms with Crippen LogP contribution in [0.1, 0.15) is 245 Å². The lowest BCUT2D eigenvalue weighted by Gasteiger charge is -2.29. The number of rotatable bonds is 46. The number of unbranched alkanes of at least 4 members (excludes halogenated alkanes) is 33. The number of phosphoric ester groups is 1. The van der Waals surface area contributed by atoms with Crippen LogP contribution in [0.5, 0.6) is 0 Å². The number of amides is 1. The molecule has 0 aromatic heterocycles. The van der Waals surface area contributed by atoms with Crippen LogP contribution in [0.15, 0.2) is 12.2 Å². The molecular formula is C49H99N2O6P. The van der Waals surface area contributed by atoms with E-state index in [1.807, 2.05) is 27.2 Å². The van der Waals surface area contributed by atoms with Gasteiger partial charge in [0.1, 0.15) is 13.2 Å². The number of allylic oxidation sites excluding steroid dienone is 1. The normalized spacial score (nSPS) is 14.3. The minimum absolute atomic E-state index is 0.00237. The van der Waals surface area contributed by atoms with Crippen LogP contribution in [0.3, 0.4) is 0 Å². The van der Waals surface area contributed by atoms with E-state index < -0.39 is 20.0 Å². The third kappa shape index (κ3) is 43.3. The number of aliphatic hydroxyl groups is 1. The lowest BCUT2D eigenvalue weighted by molar-refractivity contribution is -0.870. The predicted octanol–water partition coefficient (Wildman–Crippen LogP) is 13.7. The second kappa shape index (κ2) is 41.6. The van der Waals surface area contributed by atoms with Crippen molar-refractivity contribution in [3.05, 3.63) is 12.2 Å². The monoisotopic (exact) mass is 843 g/mol. The van der Waals surface area contributed by atoms with E-state index in [0.29, 0.717) is 17.4 Å². The highest BCUT2D eigenvalue weighted by molar-refractivity contribution is 7.45. The SMILES string of the molecule is CCCCCCCCCCCCCCCCCCCCC/C=C/C(O)C(COP(=O)([O-])OCC[N+](C)(C)C)NC(=O)CCCCCCCCCCCCCCCCC. The number of nitrogens with one attached hydrogen (secondary N) is 1. The van der Waals surface area contributed by atoms with Gasteiger partial charge in [-0.3, -0.25) is 9.36 Å². The van der Waals surface area contributed by atoms with Gasteiger partial charge in [0.25, 0.3) is 7.82 Å². The number of quaternary nitrogens is 1. The summed E-state index contributed by atoms with van der Waals surface area (Å²) in [6.07, 6.45) is 48.3. The molecule has 0 heterocycles. The highest BCUT2D eigenvalue weighted by Gasteiger charge is 2.23. The summed E-state index contributed by atoms with van der Waals surface area (Å²) in [4.78, 5) is 25.4. The predicted molar refractivity (Wildman–Crippen MR) is 247 cm³/mol. The molecule has 0 aliphatic heterocycles. The van der Waals surface area contributed by atoms with E-state index in [9.17, 15) is 19.4 Å². The van der Waals surface area contributed by atoms with Crippen molar-refractivity contribution in [1.82, 2.24) is 5.32 Å². The van der Waals surface area contributed by atoms with E-state index >= 15 is 0 Å². The van der Waals surface area contributed by atoms with Gasteiger partial charge in [0.15, 0.2) is 0 Å². The van der Waals surface area contributed by atoms with Crippen LogP contribution in [-0.2, 0) is 18.4 Å². The van der Waals surface area contributed by atoms with Crippen molar-refractivity contribution in [2.75, 3.05) is 40.9 Å². The molecule has 1 amide bonds. The van der Waals surface area contributed by atoms with Crippen molar-refractivity contribution < 1.29 is 32.9 Å². The van der Waals surface area contributed by atoms with Gasteiger partial charge >= 0.3 is 0 Å². The zero-order chi connectivity index (χ0) is 42.8. The highest BCUT2D eigenvalue weighted by atomic mass is 31.2. The summed E-state index contributed by atoms with van der Waals surface area (Å²) in [6.45, 7) is 4.68. The van der Waals surface area contributed by atoms with Crippen molar-refractivity contribution >= 4 is 13.7 Å². The second-order valence-electron chi connectivity index (χ2n) is 18.5. The first-order valence-corrected chi connectivity index (χ1v) is 26.5. The Balaban J connectivity index is 4.29. The molecule has 0 rings (SSSR count). The molecule has 3 atom stereocenters. The largest absolute Gasteiger partial charge is 0.756 e. The van der Waals surface area contributed by atoms with Gasteiger partial charge in [0.05, 0.1) is 39.9 Å². The first kappa shape index (κ1) is 57.2. The quantitative estimate of drug-likeness (QED) is 0.0273. The van der Waals surface area contributed by atoms with Crippen LogP contribution in [0.25, 0.3) is 0 Å². The number of aliphatic hydroxyl groups excluding tert-OH is 1. The van der Waals surface area contributed by atoms with Crippen LogP contribution < -0.4 is 10.2 Å². The number of phosphoric acid groups is 1. The zero-order valence-electron chi connectivity index (χ0n) is 39.3. The van der Waals surface area contributed by atoms with Gasteiger partial charge in [-0.25, -0.2) is 0 Å². The van der Waals surface area contributed by atoms with Gasteiger partial charge in [0, 0.05) is 6.42 Å². The molecule has 0 aromatic rings. The first-order valence-electron chi connectivity index (χ1n) is 25.1. The summed E-state index contributed by atoms with van der Waals surface area (Å²) in [5.41, 5.74) is 0. The minimum Gasteiger partial charge on any atom is -0.756 e. The maximum Gasteiger partial charge on any atom is 0.268 e. The fraction of sp³-hybridized carbons (Fsp3) is 0.939. The summed E-state index contributed by atoms with van der Waals surface area (Å²) in [5.74, 6) is -0.193. The molecule has 346 valence electrons. The molecule has 8 nitrogen and oxygen atoms in total. The lowest BCUT2D eigenvalue weighted by atomic mass is 10.0. The summed E-state index contributed by atoms with van der Waals surface area (Å²) in [7, 11) is 1.27. The standard InChI is InChI=1S/C49H99N2O6P/c1-6-8-10-12-14-16-18-20-22-23-24-25-26-27-29-30-32-34-36-38-40-42-48(52)47(46-57-58(54,55)56-45-44-51(3,4)5)50-49(53)43-41-39-37-35-33-31-28-21-19-17-15-13-11-9-7-2/h40,42,47-48,52H,6-39,41,43-46H2,1-5H3,(H-,50,53,54,55)/b42-40+. The topological polar surface area (TPSA) is 108 Å². The molecule has 2 N–H and O–H groups in total. The van der Waals surface area contributed by atoms with Crippen LogP contribution >= 0.6 is 7.82 Å². The van der Waals surface area contributed by atoms with Crippen molar-refractivity contribution in [3.8, 4) is 0 Å². The lowest BCUT2D eigenvalue weighted by Crippen LogP contribution is -2.45. The highest BCUT2D eigenvalue weighted by Crippen LogP contribution is 2.38. The second-order valence-corrected chi connectivity index (χ2v) is 19.9. The van der Waals surface area contributed by atoms with Crippen LogP contribution in [0, 0.1) is 0 Å². The van der Waals surface area contributed by atoms with Crippen LogP contribution in [0.4, 0.5) is 0 Å². The number of likely N-dealkylation sites (N-methyl/N-ethyl adjacent to an activating group) is 1. The van der Waals surface area contributed by atoms with Crippen molar-refractivity contribution in [2.45, 2.75) is 257 Å². The van der Waals surface area contributed by atoms with Gasteiger partial charge in [0.2, 0.25) is 5.91 Å². The molecule has 0 bridgehead atoms. The molecule has 0 saturated heterocycles. The molecular weight excluding hydrogens is 744 g/mol. The number of carbonyl (C=O) groups excluding carboxylic acids is 1. The number of carbonyl (C=O) groups is 1.